The summed E-state index contributed by atoms with van der Waals surface area (Å²) >= 11 is 0. The number of carboxylic acid groups (broad SMARTS) is 1. The van der Waals surface area contributed by atoms with E-state index in [-0.39, 0.29) is 13.0 Å². The van der Waals surface area contributed by atoms with Crippen molar-refractivity contribution < 1.29 is 24.5 Å². The van der Waals surface area contributed by atoms with Crippen LogP contribution in [0, 0.1) is 0 Å². The van der Waals surface area contributed by atoms with Gasteiger partial charge in [0.1, 0.15) is 11.8 Å². The van der Waals surface area contributed by atoms with Crippen LogP contribution in [-0.2, 0) is 4.79 Å². The van der Waals surface area contributed by atoms with Crippen LogP contribution in [0.25, 0.3) is 0 Å². The molecular weight excluding hydrogens is 262 g/mol. The van der Waals surface area contributed by atoms with Crippen LogP contribution in [-0.4, -0.2) is 52.3 Å². The minimum atomic E-state index is -1.10. The third-order valence-electron chi connectivity index (χ3n) is 3.22. The fourth-order valence-corrected chi connectivity index (χ4v) is 2.32. The van der Waals surface area contributed by atoms with Crippen molar-refractivity contribution in [1.29, 1.82) is 0 Å². The smallest absolute Gasteiger partial charge is 0.326 e. The number of likely N-dealkylation sites (tertiary alicyclic amines) is 1. The number of carbonyl (C=O) groups is 2. The predicted octanol–water partition coefficient (Wildman–Crippen LogP) is 0.745. The molecule has 1 aromatic rings. The first kappa shape index (κ1) is 14.3. The maximum absolute atomic E-state index is 12.4. The van der Waals surface area contributed by atoms with Crippen molar-refractivity contribution >= 4 is 11.9 Å². The molecule has 0 saturated carbocycles. The van der Waals surface area contributed by atoms with Crippen LogP contribution >= 0.6 is 0 Å². The summed E-state index contributed by atoms with van der Waals surface area (Å²) in [5.41, 5.74) is 0.358. The topological polar surface area (TPSA) is 87.1 Å². The van der Waals surface area contributed by atoms with Crippen molar-refractivity contribution in [1.82, 2.24) is 4.90 Å². The van der Waals surface area contributed by atoms with Crippen molar-refractivity contribution in [3.8, 4) is 5.75 Å². The highest BCUT2D eigenvalue weighted by molar-refractivity contribution is 5.97. The van der Waals surface area contributed by atoms with Gasteiger partial charge in [0.2, 0.25) is 0 Å². The lowest BCUT2D eigenvalue weighted by Crippen LogP contribution is -2.40. The molecule has 1 aliphatic heterocycles. The zero-order valence-electron chi connectivity index (χ0n) is 11.2. The summed E-state index contributed by atoms with van der Waals surface area (Å²) in [6.45, 7) is 2.36. The summed E-state index contributed by atoms with van der Waals surface area (Å²) in [5, 5.41) is 18.7. The van der Waals surface area contributed by atoms with E-state index in [1.165, 1.54) is 4.90 Å². The summed E-state index contributed by atoms with van der Waals surface area (Å²) in [6.07, 6.45) is -0.734. The van der Waals surface area contributed by atoms with Crippen LogP contribution in [0.5, 0.6) is 5.75 Å². The Hall–Kier alpha value is -2.08. The Labute approximate surface area is 116 Å². The molecule has 1 fully saturated rings. The van der Waals surface area contributed by atoms with Gasteiger partial charge in [0, 0.05) is 18.5 Å². The first-order valence-corrected chi connectivity index (χ1v) is 6.47. The molecule has 6 nitrogen and oxygen atoms in total. The van der Waals surface area contributed by atoms with Gasteiger partial charge >= 0.3 is 5.97 Å². The molecule has 1 saturated heterocycles. The van der Waals surface area contributed by atoms with Gasteiger partial charge in [-0.15, -0.1) is 0 Å². The molecule has 1 aromatic carbocycles. The van der Waals surface area contributed by atoms with Gasteiger partial charge < -0.3 is 19.8 Å². The van der Waals surface area contributed by atoms with Crippen molar-refractivity contribution in [2.45, 2.75) is 25.5 Å². The van der Waals surface area contributed by atoms with Gasteiger partial charge in [-0.1, -0.05) is 6.07 Å². The van der Waals surface area contributed by atoms with Crippen molar-refractivity contribution in [3.05, 3.63) is 29.8 Å². The summed E-state index contributed by atoms with van der Waals surface area (Å²) < 4.78 is 5.32. The van der Waals surface area contributed by atoms with E-state index in [2.05, 4.69) is 0 Å². The number of benzene rings is 1. The lowest BCUT2D eigenvalue weighted by atomic mass is 10.1. The summed E-state index contributed by atoms with van der Waals surface area (Å²) in [5.74, 6) is -0.948. The number of β-amino-alcohol motifs (C(OH)–C–C–N with tert-alkyl or cyclic N) is 1. The van der Waals surface area contributed by atoms with Crippen molar-refractivity contribution in [3.63, 3.8) is 0 Å². The standard InChI is InChI=1S/C14H17NO5/c1-2-20-11-5-3-4-9(6-11)13(17)15-8-10(16)7-12(15)14(18)19/h3-6,10,12,16H,2,7-8H2,1H3,(H,18,19). The summed E-state index contributed by atoms with van der Waals surface area (Å²) in [6, 6.07) is 5.62. The molecule has 2 rings (SSSR count). The molecule has 1 aliphatic rings. The highest BCUT2D eigenvalue weighted by Crippen LogP contribution is 2.22. The molecule has 1 heterocycles. The van der Waals surface area contributed by atoms with E-state index in [9.17, 15) is 14.7 Å². The molecule has 108 valence electrons. The Morgan fingerprint density at radius 1 is 1.45 bits per heavy atom. The Bertz CT molecular complexity index is 516. The number of aliphatic carboxylic acids is 1. The zero-order chi connectivity index (χ0) is 14.7. The number of amides is 1. The molecule has 0 aliphatic carbocycles. The SMILES string of the molecule is CCOc1cccc(C(=O)N2CC(O)CC2C(=O)O)c1. The largest absolute Gasteiger partial charge is 0.494 e. The van der Waals surface area contributed by atoms with E-state index in [0.717, 1.165) is 0 Å². The number of hydrogen-bond donors (Lipinski definition) is 2. The molecule has 0 aromatic heterocycles. The number of rotatable bonds is 4. The van der Waals surface area contributed by atoms with Gasteiger partial charge in [-0.25, -0.2) is 4.79 Å². The number of hydrogen-bond acceptors (Lipinski definition) is 4. The Balaban J connectivity index is 2.21. The van der Waals surface area contributed by atoms with Gasteiger partial charge in [0.05, 0.1) is 12.7 Å². The summed E-state index contributed by atoms with van der Waals surface area (Å²) in [7, 11) is 0. The molecular formula is C14H17NO5. The van der Waals surface area contributed by atoms with Gasteiger partial charge in [0.15, 0.2) is 0 Å². The average Bonchev–Trinajstić information content (AvgIpc) is 2.81. The third kappa shape index (κ3) is 2.91. The molecule has 20 heavy (non-hydrogen) atoms. The maximum atomic E-state index is 12.4. The normalized spacial score (nSPS) is 21.8. The Kier molecular flexibility index (Phi) is 4.24. The molecule has 6 heteroatoms. The zero-order valence-corrected chi connectivity index (χ0v) is 11.2. The molecule has 1 amide bonds. The van der Waals surface area contributed by atoms with Crippen molar-refractivity contribution in [2.24, 2.45) is 0 Å². The fraction of sp³-hybridized carbons (Fsp3) is 0.429. The van der Waals surface area contributed by atoms with Gasteiger partial charge in [-0.05, 0) is 25.1 Å². The second-order valence-electron chi connectivity index (χ2n) is 4.66. The van der Waals surface area contributed by atoms with E-state index in [4.69, 9.17) is 9.84 Å². The van der Waals surface area contributed by atoms with E-state index in [1.807, 2.05) is 6.92 Å². The monoisotopic (exact) mass is 279 g/mol. The van der Waals surface area contributed by atoms with Crippen LogP contribution < -0.4 is 4.74 Å². The van der Waals surface area contributed by atoms with E-state index >= 15 is 0 Å². The lowest BCUT2D eigenvalue weighted by molar-refractivity contribution is -0.141. The minimum absolute atomic E-state index is 0.0364. The first-order chi connectivity index (χ1) is 9.52. The molecule has 2 unspecified atom stereocenters. The molecule has 2 atom stereocenters. The number of nitrogens with zero attached hydrogens (tertiary/aromatic N) is 1. The number of ether oxygens (including phenoxy) is 1. The number of aliphatic hydroxyl groups excluding tert-OH is 1. The molecule has 0 radical (unpaired) electrons. The number of carbonyl (C=O) groups excluding carboxylic acids is 1. The molecule has 0 spiro atoms. The average molecular weight is 279 g/mol. The summed E-state index contributed by atoms with van der Waals surface area (Å²) in [4.78, 5) is 24.7. The number of carboxylic acids is 1. The van der Waals surface area contributed by atoms with Crippen LogP contribution in [0.1, 0.15) is 23.7 Å². The van der Waals surface area contributed by atoms with Crippen LogP contribution in [0.3, 0.4) is 0 Å². The minimum Gasteiger partial charge on any atom is -0.494 e. The molecule has 0 bridgehead atoms. The van der Waals surface area contributed by atoms with E-state index in [0.29, 0.717) is 17.9 Å². The van der Waals surface area contributed by atoms with Crippen LogP contribution in [0.15, 0.2) is 24.3 Å². The lowest BCUT2D eigenvalue weighted by Gasteiger charge is -2.21. The van der Waals surface area contributed by atoms with Crippen molar-refractivity contribution in [2.75, 3.05) is 13.2 Å². The Morgan fingerprint density at radius 3 is 2.85 bits per heavy atom. The quantitative estimate of drug-likeness (QED) is 0.849. The van der Waals surface area contributed by atoms with E-state index < -0.39 is 24.0 Å². The predicted molar refractivity (Wildman–Crippen MR) is 70.7 cm³/mol. The molecule has 2 N–H and O–H groups in total. The van der Waals surface area contributed by atoms with Crippen LogP contribution in [0.4, 0.5) is 0 Å². The highest BCUT2D eigenvalue weighted by Gasteiger charge is 2.39. The van der Waals surface area contributed by atoms with Gasteiger partial charge in [-0.3, -0.25) is 4.79 Å². The van der Waals surface area contributed by atoms with Crippen LogP contribution in [0.2, 0.25) is 0 Å². The second kappa shape index (κ2) is 5.92. The fourth-order valence-electron chi connectivity index (χ4n) is 2.32. The second-order valence-corrected chi connectivity index (χ2v) is 4.66. The highest BCUT2D eigenvalue weighted by atomic mass is 16.5. The number of aliphatic hydroxyl groups is 1. The first-order valence-electron chi connectivity index (χ1n) is 6.47. The van der Waals surface area contributed by atoms with Gasteiger partial charge in [0.25, 0.3) is 5.91 Å². The van der Waals surface area contributed by atoms with Gasteiger partial charge in [-0.2, -0.15) is 0 Å². The maximum Gasteiger partial charge on any atom is 0.326 e. The Morgan fingerprint density at radius 2 is 2.20 bits per heavy atom. The third-order valence-corrected chi connectivity index (χ3v) is 3.22. The van der Waals surface area contributed by atoms with E-state index in [1.54, 1.807) is 24.3 Å².